The number of nitrogens with one attached hydrogen (secondary N) is 1. The molecule has 3 N–H and O–H groups in total. The minimum absolute atomic E-state index is 0.275. The minimum atomic E-state index is 0.275. The number of rotatable bonds is 4. The first-order chi connectivity index (χ1) is 9.26. The zero-order valence-corrected chi connectivity index (χ0v) is 11.2. The molecule has 6 nitrogen and oxygen atoms in total. The second kappa shape index (κ2) is 4.85. The van der Waals surface area contributed by atoms with E-state index in [2.05, 4.69) is 33.4 Å². The van der Waals surface area contributed by atoms with Crippen molar-refractivity contribution in [2.24, 2.45) is 0 Å². The molecule has 0 aliphatic heterocycles. The van der Waals surface area contributed by atoms with Gasteiger partial charge in [0.05, 0.1) is 18.1 Å². The maximum Gasteiger partial charge on any atom is 0.223 e. The van der Waals surface area contributed by atoms with Crippen LogP contribution in [0.4, 0.5) is 11.8 Å². The van der Waals surface area contributed by atoms with E-state index >= 15 is 0 Å². The quantitative estimate of drug-likeness (QED) is 0.760. The molecular formula is C12H13N5OS. The zero-order chi connectivity index (χ0) is 13.2. The van der Waals surface area contributed by atoms with Crippen molar-refractivity contribution < 1.29 is 4.52 Å². The lowest BCUT2D eigenvalue weighted by molar-refractivity contribution is 0.388. The van der Waals surface area contributed by atoms with Crippen LogP contribution in [0.25, 0.3) is 10.2 Å². The van der Waals surface area contributed by atoms with Crippen molar-refractivity contribution in [3.05, 3.63) is 29.0 Å². The van der Waals surface area contributed by atoms with Gasteiger partial charge in [0.15, 0.2) is 5.76 Å². The molecular weight excluding hydrogens is 262 g/mol. The third kappa shape index (κ3) is 2.37. The normalized spacial score (nSPS) is 11.0. The summed E-state index contributed by atoms with van der Waals surface area (Å²) in [4.78, 5) is 10.7. The fourth-order valence-electron chi connectivity index (χ4n) is 1.80. The zero-order valence-electron chi connectivity index (χ0n) is 10.4. The summed E-state index contributed by atoms with van der Waals surface area (Å²) in [6.07, 6.45) is 2.59. The standard InChI is InChI=1S/C12H13N5OS/c1-2-8-5-9-10(14-6-7-3-4-15-18-7)16-12(13)17-11(9)19-8/h3-5H,2,6H2,1H3,(H3,13,14,16,17). The molecule has 0 saturated carbocycles. The lowest BCUT2D eigenvalue weighted by atomic mass is 10.3. The predicted molar refractivity (Wildman–Crippen MR) is 75.0 cm³/mol. The Balaban J connectivity index is 1.94. The molecule has 0 aliphatic carbocycles. The summed E-state index contributed by atoms with van der Waals surface area (Å²) < 4.78 is 5.04. The fraction of sp³-hybridized carbons (Fsp3) is 0.250. The Morgan fingerprint density at radius 1 is 1.42 bits per heavy atom. The maximum absolute atomic E-state index is 5.73. The van der Waals surface area contributed by atoms with Gasteiger partial charge in [-0.15, -0.1) is 11.3 Å². The smallest absolute Gasteiger partial charge is 0.223 e. The van der Waals surface area contributed by atoms with Crippen LogP contribution < -0.4 is 11.1 Å². The van der Waals surface area contributed by atoms with Crippen LogP contribution in [0.3, 0.4) is 0 Å². The van der Waals surface area contributed by atoms with E-state index in [1.54, 1.807) is 23.6 Å². The Bertz CT molecular complexity index is 692. The number of hydrogen-bond acceptors (Lipinski definition) is 7. The number of nitrogen functional groups attached to an aromatic ring is 1. The number of nitrogens with zero attached hydrogens (tertiary/aromatic N) is 3. The molecule has 0 unspecified atom stereocenters. The summed E-state index contributed by atoms with van der Waals surface area (Å²) in [5.41, 5.74) is 5.73. The molecule has 0 spiro atoms. The lowest BCUT2D eigenvalue weighted by Gasteiger charge is -2.05. The van der Waals surface area contributed by atoms with E-state index in [1.165, 1.54) is 4.88 Å². The van der Waals surface area contributed by atoms with E-state index in [1.807, 2.05) is 0 Å². The largest absolute Gasteiger partial charge is 0.368 e. The monoisotopic (exact) mass is 275 g/mol. The van der Waals surface area contributed by atoms with Crippen molar-refractivity contribution in [3.8, 4) is 0 Å². The Labute approximate surface area is 113 Å². The second-order valence-electron chi connectivity index (χ2n) is 4.05. The third-order valence-electron chi connectivity index (χ3n) is 2.73. The Kier molecular flexibility index (Phi) is 3.04. The highest BCUT2D eigenvalue weighted by molar-refractivity contribution is 7.18. The van der Waals surface area contributed by atoms with Gasteiger partial charge in [-0.1, -0.05) is 12.1 Å². The summed E-state index contributed by atoms with van der Waals surface area (Å²) >= 11 is 1.64. The number of aromatic nitrogens is 3. The van der Waals surface area contributed by atoms with Crippen LogP contribution in [-0.2, 0) is 13.0 Å². The highest BCUT2D eigenvalue weighted by Gasteiger charge is 2.10. The van der Waals surface area contributed by atoms with Crippen LogP contribution in [0.5, 0.6) is 0 Å². The molecule has 7 heteroatoms. The predicted octanol–water partition coefficient (Wildman–Crippen LogP) is 2.44. The number of nitrogens with two attached hydrogens (primary N) is 1. The Hall–Kier alpha value is -2.15. The van der Waals surface area contributed by atoms with E-state index < -0.39 is 0 Å². The maximum atomic E-state index is 5.73. The fourth-order valence-corrected chi connectivity index (χ4v) is 2.78. The van der Waals surface area contributed by atoms with E-state index in [9.17, 15) is 0 Å². The van der Waals surface area contributed by atoms with Crippen molar-refractivity contribution in [1.82, 2.24) is 15.1 Å². The van der Waals surface area contributed by atoms with Crippen LogP contribution in [0, 0.1) is 0 Å². The van der Waals surface area contributed by atoms with Gasteiger partial charge in [-0.2, -0.15) is 4.98 Å². The second-order valence-corrected chi connectivity index (χ2v) is 5.16. The van der Waals surface area contributed by atoms with Crippen LogP contribution >= 0.6 is 11.3 Å². The van der Waals surface area contributed by atoms with Gasteiger partial charge >= 0.3 is 0 Å². The molecule has 0 aliphatic rings. The van der Waals surface area contributed by atoms with Gasteiger partial charge in [-0.25, -0.2) is 4.98 Å². The molecule has 0 fully saturated rings. The van der Waals surface area contributed by atoms with E-state index in [0.717, 1.165) is 28.2 Å². The van der Waals surface area contributed by atoms with Gasteiger partial charge < -0.3 is 15.6 Å². The summed E-state index contributed by atoms with van der Waals surface area (Å²) in [5.74, 6) is 1.75. The number of thiophene rings is 1. The molecule has 19 heavy (non-hydrogen) atoms. The molecule has 3 rings (SSSR count). The number of hydrogen-bond donors (Lipinski definition) is 2. The third-order valence-corrected chi connectivity index (χ3v) is 3.90. The van der Waals surface area contributed by atoms with Crippen molar-refractivity contribution in [2.75, 3.05) is 11.1 Å². The number of fused-ring (bicyclic) bond motifs is 1. The molecule has 3 aromatic rings. The highest BCUT2D eigenvalue weighted by atomic mass is 32.1. The molecule has 0 saturated heterocycles. The van der Waals surface area contributed by atoms with Crippen LogP contribution in [-0.4, -0.2) is 15.1 Å². The van der Waals surface area contributed by atoms with Crippen molar-refractivity contribution in [3.63, 3.8) is 0 Å². The molecule has 0 atom stereocenters. The van der Waals surface area contributed by atoms with Gasteiger partial charge in [-0.3, -0.25) is 0 Å². The number of anilines is 2. The first-order valence-electron chi connectivity index (χ1n) is 5.95. The minimum Gasteiger partial charge on any atom is -0.368 e. The highest BCUT2D eigenvalue weighted by Crippen LogP contribution is 2.30. The summed E-state index contributed by atoms with van der Waals surface area (Å²) in [6, 6.07) is 3.90. The summed E-state index contributed by atoms with van der Waals surface area (Å²) in [6.45, 7) is 2.63. The molecule has 98 valence electrons. The summed E-state index contributed by atoms with van der Waals surface area (Å²) in [5, 5.41) is 7.87. The molecule has 3 aromatic heterocycles. The van der Waals surface area contributed by atoms with Crippen molar-refractivity contribution >= 4 is 33.3 Å². The molecule has 0 bridgehead atoms. The van der Waals surface area contributed by atoms with E-state index in [-0.39, 0.29) is 5.95 Å². The molecule has 3 heterocycles. The van der Waals surface area contributed by atoms with Gasteiger partial charge in [0.2, 0.25) is 5.95 Å². The first kappa shape index (κ1) is 11.9. The van der Waals surface area contributed by atoms with E-state index in [0.29, 0.717) is 6.54 Å². The first-order valence-corrected chi connectivity index (χ1v) is 6.77. The molecule has 0 amide bonds. The van der Waals surface area contributed by atoms with Crippen molar-refractivity contribution in [1.29, 1.82) is 0 Å². The average molecular weight is 275 g/mol. The van der Waals surface area contributed by atoms with Gasteiger partial charge in [0.25, 0.3) is 0 Å². The van der Waals surface area contributed by atoms with Crippen LogP contribution in [0.2, 0.25) is 0 Å². The van der Waals surface area contributed by atoms with Gasteiger partial charge in [0.1, 0.15) is 10.6 Å². The van der Waals surface area contributed by atoms with Crippen molar-refractivity contribution in [2.45, 2.75) is 19.9 Å². The Morgan fingerprint density at radius 2 is 2.32 bits per heavy atom. The average Bonchev–Trinajstić information content (AvgIpc) is 3.04. The van der Waals surface area contributed by atoms with Gasteiger partial charge in [-0.05, 0) is 12.5 Å². The van der Waals surface area contributed by atoms with Crippen LogP contribution in [0.1, 0.15) is 17.6 Å². The Morgan fingerprint density at radius 3 is 3.05 bits per heavy atom. The SMILES string of the molecule is CCc1cc2c(NCc3ccno3)nc(N)nc2s1. The van der Waals surface area contributed by atoms with Crippen LogP contribution in [0.15, 0.2) is 22.9 Å². The summed E-state index contributed by atoms with van der Waals surface area (Å²) in [7, 11) is 0. The van der Waals surface area contributed by atoms with E-state index in [4.69, 9.17) is 10.3 Å². The molecule has 0 aromatic carbocycles. The lowest BCUT2D eigenvalue weighted by Crippen LogP contribution is -2.04. The topological polar surface area (TPSA) is 89.9 Å². The number of aryl methyl sites for hydroxylation is 1. The molecule has 0 radical (unpaired) electrons. The van der Waals surface area contributed by atoms with Gasteiger partial charge in [0, 0.05) is 10.9 Å².